The lowest BCUT2D eigenvalue weighted by Gasteiger charge is -2.14. The van der Waals surface area contributed by atoms with Gasteiger partial charge in [-0.1, -0.05) is 25.1 Å². The van der Waals surface area contributed by atoms with Crippen molar-refractivity contribution in [2.75, 3.05) is 13.7 Å². The molecule has 2 unspecified atom stereocenters. The van der Waals surface area contributed by atoms with Crippen molar-refractivity contribution in [3.8, 4) is 5.75 Å². The van der Waals surface area contributed by atoms with Gasteiger partial charge in [-0.3, -0.25) is 4.99 Å². The molecule has 5 heteroatoms. The van der Waals surface area contributed by atoms with Crippen molar-refractivity contribution in [3.05, 3.63) is 29.8 Å². The number of para-hydroxylation sites is 1. The van der Waals surface area contributed by atoms with Crippen LogP contribution in [0.5, 0.6) is 5.75 Å². The first kappa shape index (κ1) is 17.4. The maximum atomic E-state index is 5.94. The summed E-state index contributed by atoms with van der Waals surface area (Å²) < 4.78 is 5.94. The number of halogens is 1. The summed E-state index contributed by atoms with van der Waals surface area (Å²) >= 11 is 0. The molecule has 0 spiro atoms. The van der Waals surface area contributed by atoms with E-state index in [9.17, 15) is 0 Å². The molecule has 122 valence electrons. The van der Waals surface area contributed by atoms with Crippen LogP contribution < -0.4 is 15.4 Å². The van der Waals surface area contributed by atoms with Crippen LogP contribution in [0.15, 0.2) is 29.3 Å². The molecule has 2 N–H and O–H groups in total. The van der Waals surface area contributed by atoms with Gasteiger partial charge in [-0.2, -0.15) is 0 Å². The number of guanidine groups is 1. The molecule has 0 aliphatic heterocycles. The van der Waals surface area contributed by atoms with E-state index in [1.807, 2.05) is 13.1 Å². The van der Waals surface area contributed by atoms with Gasteiger partial charge in [0.05, 0.1) is 6.61 Å². The predicted molar refractivity (Wildman–Crippen MR) is 101 cm³/mol. The summed E-state index contributed by atoms with van der Waals surface area (Å²) in [6, 6.07) is 8.84. The van der Waals surface area contributed by atoms with E-state index in [1.54, 1.807) is 0 Å². The number of nitrogens with one attached hydrogen (secondary N) is 2. The van der Waals surface area contributed by atoms with Crippen molar-refractivity contribution in [2.45, 2.75) is 38.8 Å². The van der Waals surface area contributed by atoms with Gasteiger partial charge in [0.15, 0.2) is 5.96 Å². The predicted octanol–water partition coefficient (Wildman–Crippen LogP) is 3.17. The molecule has 2 aliphatic rings. The molecule has 22 heavy (non-hydrogen) atoms. The van der Waals surface area contributed by atoms with Gasteiger partial charge in [-0.05, 0) is 37.2 Å². The lowest BCUT2D eigenvalue weighted by atomic mass is 10.2. The Bertz CT molecular complexity index is 516. The summed E-state index contributed by atoms with van der Waals surface area (Å²) in [7, 11) is 1.82. The molecule has 2 fully saturated rings. The normalized spacial score (nSPS) is 23.5. The molecular formula is C17H26IN3O. The van der Waals surface area contributed by atoms with Crippen molar-refractivity contribution in [3.63, 3.8) is 0 Å². The lowest BCUT2D eigenvalue weighted by Crippen LogP contribution is -2.38. The van der Waals surface area contributed by atoms with Gasteiger partial charge in [0.1, 0.15) is 5.75 Å². The van der Waals surface area contributed by atoms with Crippen LogP contribution in [0, 0.1) is 11.8 Å². The van der Waals surface area contributed by atoms with Crippen LogP contribution in [0.4, 0.5) is 0 Å². The highest BCUT2D eigenvalue weighted by Crippen LogP contribution is 2.30. The second kappa shape index (κ2) is 8.04. The molecule has 3 rings (SSSR count). The Balaban J connectivity index is 0.00000176. The minimum Gasteiger partial charge on any atom is -0.493 e. The van der Waals surface area contributed by atoms with E-state index in [1.165, 1.54) is 24.8 Å². The third-order valence-corrected chi connectivity index (χ3v) is 4.25. The van der Waals surface area contributed by atoms with E-state index in [0.717, 1.165) is 36.7 Å². The van der Waals surface area contributed by atoms with Crippen LogP contribution in [-0.4, -0.2) is 25.7 Å². The second-order valence-electron chi connectivity index (χ2n) is 6.25. The van der Waals surface area contributed by atoms with Crippen LogP contribution >= 0.6 is 24.0 Å². The monoisotopic (exact) mass is 415 g/mol. The van der Waals surface area contributed by atoms with Crippen molar-refractivity contribution in [1.82, 2.24) is 10.6 Å². The average Bonchev–Trinajstić information content (AvgIpc) is 3.41. The second-order valence-corrected chi connectivity index (χ2v) is 6.25. The minimum atomic E-state index is 0. The highest BCUT2D eigenvalue weighted by atomic mass is 127. The molecule has 0 heterocycles. The Hall–Kier alpha value is -0.980. The van der Waals surface area contributed by atoms with Crippen LogP contribution in [0.25, 0.3) is 0 Å². The molecule has 2 atom stereocenters. The molecule has 1 aromatic carbocycles. The highest BCUT2D eigenvalue weighted by Gasteiger charge is 2.33. The van der Waals surface area contributed by atoms with Crippen LogP contribution in [0.2, 0.25) is 0 Å². The number of nitrogens with zero attached hydrogens (tertiary/aromatic N) is 1. The van der Waals surface area contributed by atoms with Crippen LogP contribution in [-0.2, 0) is 6.54 Å². The fourth-order valence-corrected chi connectivity index (χ4v) is 2.36. The van der Waals surface area contributed by atoms with Crippen molar-refractivity contribution in [1.29, 1.82) is 0 Å². The zero-order valence-electron chi connectivity index (χ0n) is 13.3. The van der Waals surface area contributed by atoms with Gasteiger partial charge in [0, 0.05) is 25.2 Å². The SMILES string of the molecule is CN=C(NCc1ccccc1OCC1CC1)NC1CC1C.I. The maximum Gasteiger partial charge on any atom is 0.191 e. The summed E-state index contributed by atoms with van der Waals surface area (Å²) in [6.07, 6.45) is 3.87. The summed E-state index contributed by atoms with van der Waals surface area (Å²) in [5, 5.41) is 6.82. The van der Waals surface area contributed by atoms with Gasteiger partial charge in [0.2, 0.25) is 0 Å². The first-order valence-corrected chi connectivity index (χ1v) is 7.94. The molecule has 4 nitrogen and oxygen atoms in total. The van der Waals surface area contributed by atoms with E-state index >= 15 is 0 Å². The fraction of sp³-hybridized carbons (Fsp3) is 0.588. The topological polar surface area (TPSA) is 45.7 Å². The largest absolute Gasteiger partial charge is 0.493 e. The summed E-state index contributed by atoms with van der Waals surface area (Å²) in [5.74, 6) is 3.41. The van der Waals surface area contributed by atoms with Crippen LogP contribution in [0.3, 0.4) is 0 Å². The number of aliphatic imine (C=N–C) groups is 1. The minimum absolute atomic E-state index is 0. The smallest absolute Gasteiger partial charge is 0.191 e. The Kier molecular flexibility index (Phi) is 6.35. The lowest BCUT2D eigenvalue weighted by molar-refractivity contribution is 0.296. The number of benzene rings is 1. The van der Waals surface area contributed by atoms with Crippen molar-refractivity contribution < 1.29 is 4.74 Å². The van der Waals surface area contributed by atoms with Gasteiger partial charge >= 0.3 is 0 Å². The Labute approximate surface area is 150 Å². The fourth-order valence-electron chi connectivity index (χ4n) is 2.36. The molecule has 0 radical (unpaired) electrons. The number of rotatable bonds is 6. The standard InChI is InChI=1S/C17H25N3O.HI/c1-12-9-15(12)20-17(18-2)19-10-14-5-3-4-6-16(14)21-11-13-7-8-13;/h3-6,12-13,15H,7-11H2,1-2H3,(H2,18,19,20);1H. The zero-order chi connectivity index (χ0) is 14.7. The average molecular weight is 415 g/mol. The number of ether oxygens (including phenoxy) is 1. The van der Waals surface area contributed by atoms with Gasteiger partial charge in [-0.25, -0.2) is 0 Å². The van der Waals surface area contributed by atoms with E-state index in [2.05, 4.69) is 40.7 Å². The van der Waals surface area contributed by atoms with Gasteiger partial charge in [0.25, 0.3) is 0 Å². The summed E-state index contributed by atoms with van der Waals surface area (Å²) in [5.41, 5.74) is 1.19. The quantitative estimate of drug-likeness (QED) is 0.426. The molecular weight excluding hydrogens is 389 g/mol. The molecule has 2 saturated carbocycles. The van der Waals surface area contributed by atoms with E-state index in [-0.39, 0.29) is 24.0 Å². The zero-order valence-corrected chi connectivity index (χ0v) is 15.7. The first-order chi connectivity index (χ1) is 10.3. The van der Waals surface area contributed by atoms with Crippen molar-refractivity contribution >= 4 is 29.9 Å². The van der Waals surface area contributed by atoms with Gasteiger partial charge in [-0.15, -0.1) is 24.0 Å². The summed E-state index contributed by atoms with van der Waals surface area (Å²) in [4.78, 5) is 4.29. The molecule has 0 amide bonds. The molecule has 2 aliphatic carbocycles. The maximum absolute atomic E-state index is 5.94. The van der Waals surface area contributed by atoms with E-state index in [0.29, 0.717) is 6.04 Å². The third kappa shape index (κ3) is 5.04. The molecule has 1 aromatic rings. The van der Waals surface area contributed by atoms with E-state index < -0.39 is 0 Å². The van der Waals surface area contributed by atoms with Crippen molar-refractivity contribution in [2.24, 2.45) is 16.8 Å². The highest BCUT2D eigenvalue weighted by molar-refractivity contribution is 14.0. The Morgan fingerprint density at radius 1 is 1.32 bits per heavy atom. The molecule has 0 saturated heterocycles. The third-order valence-electron chi connectivity index (χ3n) is 4.25. The molecule has 0 bridgehead atoms. The Morgan fingerprint density at radius 3 is 2.68 bits per heavy atom. The van der Waals surface area contributed by atoms with Crippen LogP contribution in [0.1, 0.15) is 31.7 Å². The summed E-state index contributed by atoms with van der Waals surface area (Å²) in [6.45, 7) is 3.84. The molecule has 0 aromatic heterocycles. The Morgan fingerprint density at radius 2 is 2.05 bits per heavy atom. The number of hydrogen-bond donors (Lipinski definition) is 2. The first-order valence-electron chi connectivity index (χ1n) is 7.94. The van der Waals surface area contributed by atoms with Gasteiger partial charge < -0.3 is 15.4 Å². The number of hydrogen-bond acceptors (Lipinski definition) is 2. The van der Waals surface area contributed by atoms with E-state index in [4.69, 9.17) is 4.74 Å².